The highest BCUT2D eigenvalue weighted by molar-refractivity contribution is 6.01. The third-order valence-electron chi connectivity index (χ3n) is 4.96. The van der Waals surface area contributed by atoms with Crippen molar-refractivity contribution in [2.24, 2.45) is 23.7 Å². The Labute approximate surface area is 163 Å². The highest BCUT2D eigenvalue weighted by Gasteiger charge is 2.59. The summed E-state index contributed by atoms with van der Waals surface area (Å²) >= 11 is 0. The molecule has 164 valence electrons. The Bertz CT molecular complexity index is 624. The zero-order chi connectivity index (χ0) is 23.5. The second-order valence-electron chi connectivity index (χ2n) is 6.57. The Kier molecular flexibility index (Phi) is 8.01. The van der Waals surface area contributed by atoms with Crippen LogP contribution in [0, 0.1) is 23.7 Å². The highest BCUT2D eigenvalue weighted by atomic mass is 16.6. The standard InChI is InChI=1S/C16H22O13/c1-5(9(17)18)15(27,6(2)10(19)20)13(25)29-14(26)16(28,7(3)11(21)22)8(4)12(23)24/h5-8,27-28H,1-4H3,(H,17,18)(H,19,20)(H,21,22)(H,23,24). The number of carbonyl (C=O) groups excluding carboxylic acids is 2. The molecule has 13 heteroatoms. The first-order chi connectivity index (χ1) is 13.0. The average molecular weight is 422 g/mol. The number of carboxylic acid groups (broad SMARTS) is 4. The van der Waals surface area contributed by atoms with Crippen molar-refractivity contribution in [2.45, 2.75) is 38.9 Å². The molecule has 0 aromatic carbocycles. The number of carboxylic acids is 4. The maximum absolute atomic E-state index is 12.4. The van der Waals surface area contributed by atoms with Crippen molar-refractivity contribution < 1.29 is 64.1 Å². The predicted octanol–water partition coefficient (Wildman–Crippen LogP) is -1.60. The summed E-state index contributed by atoms with van der Waals surface area (Å²) < 4.78 is 4.23. The van der Waals surface area contributed by atoms with Gasteiger partial charge in [0.05, 0.1) is 23.7 Å². The van der Waals surface area contributed by atoms with E-state index in [1.54, 1.807) is 0 Å². The van der Waals surface area contributed by atoms with E-state index >= 15 is 0 Å². The van der Waals surface area contributed by atoms with E-state index in [1.807, 2.05) is 0 Å². The van der Waals surface area contributed by atoms with Crippen LogP contribution in [0.25, 0.3) is 0 Å². The summed E-state index contributed by atoms with van der Waals surface area (Å²) in [5.41, 5.74) is -6.62. The second kappa shape index (κ2) is 8.96. The van der Waals surface area contributed by atoms with Gasteiger partial charge in [-0.1, -0.05) is 0 Å². The molecule has 0 saturated carbocycles. The van der Waals surface area contributed by atoms with E-state index in [1.165, 1.54) is 0 Å². The molecule has 0 aliphatic carbocycles. The quantitative estimate of drug-likeness (QED) is 0.172. The minimum absolute atomic E-state index is 0.749. The van der Waals surface area contributed by atoms with Crippen LogP contribution in [0.2, 0.25) is 0 Å². The van der Waals surface area contributed by atoms with Gasteiger partial charge in [0.15, 0.2) is 11.2 Å². The number of aliphatic carboxylic acids is 4. The van der Waals surface area contributed by atoms with E-state index in [2.05, 4.69) is 4.74 Å². The lowest BCUT2D eigenvalue weighted by molar-refractivity contribution is -0.206. The van der Waals surface area contributed by atoms with E-state index in [0.29, 0.717) is 0 Å². The minimum Gasteiger partial charge on any atom is -0.481 e. The van der Waals surface area contributed by atoms with Crippen molar-refractivity contribution in [3.63, 3.8) is 0 Å². The molecule has 6 N–H and O–H groups in total. The SMILES string of the molecule is CC(C(=O)O)C(O)(C(=O)OC(=O)C(O)(C(C)C(=O)O)C(C)C(=O)O)C(C)C(=O)O. The van der Waals surface area contributed by atoms with Crippen molar-refractivity contribution in [3.05, 3.63) is 0 Å². The van der Waals surface area contributed by atoms with Gasteiger partial charge >= 0.3 is 35.8 Å². The highest BCUT2D eigenvalue weighted by Crippen LogP contribution is 2.33. The number of esters is 2. The zero-order valence-electron chi connectivity index (χ0n) is 15.9. The number of carbonyl (C=O) groups is 6. The topological polar surface area (TPSA) is 233 Å². The lowest BCUT2D eigenvalue weighted by Gasteiger charge is -2.35. The fourth-order valence-electron chi connectivity index (χ4n) is 2.46. The van der Waals surface area contributed by atoms with E-state index in [9.17, 15) is 39.0 Å². The van der Waals surface area contributed by atoms with Gasteiger partial charge in [-0.15, -0.1) is 0 Å². The van der Waals surface area contributed by atoms with Crippen LogP contribution in [0.4, 0.5) is 0 Å². The summed E-state index contributed by atoms with van der Waals surface area (Å²) in [5, 5.41) is 57.2. The molecule has 0 aromatic heterocycles. The van der Waals surface area contributed by atoms with Crippen LogP contribution < -0.4 is 0 Å². The molecule has 0 heterocycles. The van der Waals surface area contributed by atoms with Crippen LogP contribution in [0.1, 0.15) is 27.7 Å². The summed E-state index contributed by atoms with van der Waals surface area (Å²) in [6.07, 6.45) is 0. The Morgan fingerprint density at radius 2 is 0.724 bits per heavy atom. The Hall–Kier alpha value is -3.06. The second-order valence-corrected chi connectivity index (χ2v) is 6.57. The van der Waals surface area contributed by atoms with E-state index in [-0.39, 0.29) is 0 Å². The lowest BCUT2D eigenvalue weighted by atomic mass is 9.77. The van der Waals surface area contributed by atoms with Gasteiger partial charge in [0.1, 0.15) is 0 Å². The number of hydrogen-bond donors (Lipinski definition) is 6. The summed E-state index contributed by atoms with van der Waals surface area (Å²) in [6.45, 7) is 3.00. The molecular formula is C16H22O13. The average Bonchev–Trinajstić information content (AvgIpc) is 2.63. The zero-order valence-corrected chi connectivity index (χ0v) is 15.9. The number of ether oxygens (including phenoxy) is 1. The molecule has 0 saturated heterocycles. The van der Waals surface area contributed by atoms with Gasteiger partial charge in [0, 0.05) is 0 Å². The third kappa shape index (κ3) is 4.68. The molecule has 0 rings (SSSR count). The van der Waals surface area contributed by atoms with Crippen LogP contribution in [-0.2, 0) is 33.5 Å². The van der Waals surface area contributed by atoms with E-state index in [0.717, 1.165) is 27.7 Å². The van der Waals surface area contributed by atoms with Gasteiger partial charge in [-0.25, -0.2) is 9.59 Å². The van der Waals surface area contributed by atoms with Gasteiger partial charge in [0.2, 0.25) is 0 Å². The molecule has 0 aromatic rings. The number of hydrogen-bond acceptors (Lipinski definition) is 9. The van der Waals surface area contributed by atoms with E-state index in [4.69, 9.17) is 20.4 Å². The molecule has 0 spiro atoms. The van der Waals surface area contributed by atoms with Crippen molar-refractivity contribution >= 4 is 35.8 Å². The van der Waals surface area contributed by atoms with Crippen molar-refractivity contribution in [2.75, 3.05) is 0 Å². The maximum Gasteiger partial charge on any atom is 0.347 e. The smallest absolute Gasteiger partial charge is 0.347 e. The van der Waals surface area contributed by atoms with Crippen molar-refractivity contribution in [1.82, 2.24) is 0 Å². The summed E-state index contributed by atoms with van der Waals surface area (Å²) in [5.74, 6) is -20.0. The lowest BCUT2D eigenvalue weighted by Crippen LogP contribution is -2.60. The van der Waals surface area contributed by atoms with Gasteiger partial charge < -0.3 is 35.4 Å². The molecule has 0 bridgehead atoms. The minimum atomic E-state index is -3.31. The fraction of sp³-hybridized carbons (Fsp3) is 0.625. The van der Waals surface area contributed by atoms with Crippen molar-refractivity contribution in [3.8, 4) is 0 Å². The van der Waals surface area contributed by atoms with Crippen LogP contribution in [-0.4, -0.2) is 77.7 Å². The summed E-state index contributed by atoms with van der Waals surface area (Å²) in [7, 11) is 0. The Balaban J connectivity index is 6.27. The van der Waals surface area contributed by atoms with Crippen LogP contribution >= 0.6 is 0 Å². The molecule has 0 radical (unpaired) electrons. The number of rotatable bonds is 10. The van der Waals surface area contributed by atoms with Crippen LogP contribution in [0.3, 0.4) is 0 Å². The molecule has 0 aliphatic rings. The fourth-order valence-corrected chi connectivity index (χ4v) is 2.46. The first-order valence-electron chi connectivity index (χ1n) is 8.09. The largest absolute Gasteiger partial charge is 0.481 e. The normalized spacial score (nSPS) is 19.4. The molecule has 4 unspecified atom stereocenters. The van der Waals surface area contributed by atoms with Crippen LogP contribution in [0.5, 0.6) is 0 Å². The van der Waals surface area contributed by atoms with Crippen molar-refractivity contribution in [1.29, 1.82) is 0 Å². The van der Waals surface area contributed by atoms with E-state index < -0.39 is 70.7 Å². The van der Waals surface area contributed by atoms with Gasteiger partial charge in [0.25, 0.3) is 0 Å². The first-order valence-corrected chi connectivity index (χ1v) is 8.09. The Morgan fingerprint density at radius 3 is 0.862 bits per heavy atom. The molecule has 0 amide bonds. The summed E-state index contributed by atoms with van der Waals surface area (Å²) in [6, 6.07) is 0. The summed E-state index contributed by atoms with van der Waals surface area (Å²) in [4.78, 5) is 69.6. The van der Waals surface area contributed by atoms with Crippen LogP contribution in [0.15, 0.2) is 0 Å². The molecule has 4 atom stereocenters. The van der Waals surface area contributed by atoms with Gasteiger partial charge in [-0.05, 0) is 27.7 Å². The first kappa shape index (κ1) is 25.9. The molecule has 0 fully saturated rings. The number of aliphatic hydroxyl groups is 2. The van der Waals surface area contributed by atoms with Gasteiger partial charge in [-0.3, -0.25) is 19.2 Å². The maximum atomic E-state index is 12.4. The Morgan fingerprint density at radius 1 is 0.552 bits per heavy atom. The monoisotopic (exact) mass is 422 g/mol. The van der Waals surface area contributed by atoms with Gasteiger partial charge in [-0.2, -0.15) is 0 Å². The molecule has 13 nitrogen and oxygen atoms in total. The molecule has 29 heavy (non-hydrogen) atoms. The molecular weight excluding hydrogens is 400 g/mol. The third-order valence-corrected chi connectivity index (χ3v) is 4.96. The molecule has 0 aliphatic heterocycles. The predicted molar refractivity (Wildman–Crippen MR) is 88.2 cm³/mol.